The van der Waals surface area contributed by atoms with E-state index in [1.807, 2.05) is 0 Å². The van der Waals surface area contributed by atoms with E-state index in [0.29, 0.717) is 0 Å². The lowest BCUT2D eigenvalue weighted by atomic mass is 10.2. The number of carbonyl (C=O) groups is 1. The number of rotatable bonds is 1. The molecule has 47 valence electrons. The molecule has 1 amide bonds. The summed E-state index contributed by atoms with van der Waals surface area (Å²) in [6.07, 6.45) is 2.18. The molecule has 0 aromatic carbocycles. The van der Waals surface area contributed by atoms with Gasteiger partial charge in [-0.05, 0) is 6.92 Å². The Morgan fingerprint density at radius 3 is 2.67 bits per heavy atom. The lowest BCUT2D eigenvalue weighted by Crippen LogP contribution is -2.35. The number of azo groups is 1. The van der Waals surface area contributed by atoms with E-state index in [2.05, 4.69) is 21.6 Å². The molecule has 9 heavy (non-hydrogen) atoms. The van der Waals surface area contributed by atoms with Gasteiger partial charge < -0.3 is 5.73 Å². The summed E-state index contributed by atoms with van der Waals surface area (Å²) in [5, 5.41) is 6.71. The van der Waals surface area contributed by atoms with Gasteiger partial charge in [0.05, 0.1) is 0 Å². The van der Waals surface area contributed by atoms with Gasteiger partial charge in [-0.25, -0.2) is 4.99 Å². The summed E-state index contributed by atoms with van der Waals surface area (Å²) in [4.78, 5) is 14.0. The van der Waals surface area contributed by atoms with E-state index in [0.717, 1.165) is 0 Å². The summed E-state index contributed by atoms with van der Waals surface area (Å²) in [5.74, 6) is -0.615. The zero-order valence-corrected chi connectivity index (χ0v) is 4.83. The van der Waals surface area contributed by atoms with Crippen LogP contribution in [0.2, 0.25) is 0 Å². The lowest BCUT2D eigenvalue weighted by molar-refractivity contribution is -0.122. The van der Waals surface area contributed by atoms with Crippen LogP contribution in [0.15, 0.2) is 15.2 Å². The largest absolute Gasteiger partial charge is 0.366 e. The van der Waals surface area contributed by atoms with Crippen LogP contribution in [0, 0.1) is 0 Å². The first kappa shape index (κ1) is 5.87. The predicted molar refractivity (Wildman–Crippen MR) is 29.9 cm³/mol. The summed E-state index contributed by atoms with van der Waals surface area (Å²) < 4.78 is 0. The maximum Gasteiger partial charge on any atom is 0.269 e. The molecular weight excluding hydrogens is 120 g/mol. The molecule has 0 aromatic heterocycles. The predicted octanol–water partition coefficient (Wildman–Crippen LogP) is -0.441. The van der Waals surface area contributed by atoms with Crippen LogP contribution in [0.4, 0.5) is 0 Å². The minimum absolute atomic E-state index is 0.615. The van der Waals surface area contributed by atoms with Crippen LogP contribution >= 0.6 is 0 Å². The van der Waals surface area contributed by atoms with Crippen LogP contribution in [-0.4, -0.2) is 17.9 Å². The Morgan fingerprint density at radius 2 is 2.44 bits per heavy atom. The van der Waals surface area contributed by atoms with Crippen molar-refractivity contribution in [3.8, 4) is 0 Å². The van der Waals surface area contributed by atoms with Crippen LogP contribution in [0.1, 0.15) is 6.92 Å². The molecule has 0 saturated carbocycles. The minimum atomic E-state index is -1.19. The molecule has 0 bridgehead atoms. The van der Waals surface area contributed by atoms with E-state index in [4.69, 9.17) is 5.73 Å². The highest BCUT2D eigenvalue weighted by Gasteiger charge is 2.31. The molecule has 1 unspecified atom stereocenters. The van der Waals surface area contributed by atoms with Crippen molar-refractivity contribution in [2.24, 2.45) is 21.0 Å². The van der Waals surface area contributed by atoms with Crippen LogP contribution < -0.4 is 5.73 Å². The highest BCUT2D eigenvalue weighted by atomic mass is 16.2. The van der Waals surface area contributed by atoms with Gasteiger partial charge in [-0.2, -0.15) is 0 Å². The Morgan fingerprint density at radius 1 is 1.78 bits per heavy atom. The first-order chi connectivity index (χ1) is 4.15. The number of nitrogens with two attached hydrogens (primary N) is 1. The normalized spacial score (nSPS) is 31.2. The van der Waals surface area contributed by atoms with Crippen molar-refractivity contribution in [1.29, 1.82) is 0 Å². The number of hydrogen-bond donors (Lipinski definition) is 1. The summed E-state index contributed by atoms with van der Waals surface area (Å²) >= 11 is 0. The van der Waals surface area contributed by atoms with E-state index < -0.39 is 11.6 Å². The molecule has 1 atom stereocenters. The molecule has 1 rings (SSSR count). The standard InChI is InChI=1S/C4H5N4O/c1-4(3(5)9)6-2-7-8-4/h1H3,(H2,5,9). The Labute approximate surface area is 51.7 Å². The van der Waals surface area contributed by atoms with Crippen LogP contribution in [0.25, 0.3) is 0 Å². The third-order valence-corrected chi connectivity index (χ3v) is 1.02. The molecule has 0 aromatic rings. The summed E-state index contributed by atoms with van der Waals surface area (Å²) in [6, 6.07) is 0. The molecule has 1 radical (unpaired) electrons. The van der Waals surface area contributed by atoms with Gasteiger partial charge in [-0.15, -0.1) is 10.2 Å². The highest BCUT2D eigenvalue weighted by Crippen LogP contribution is 2.14. The minimum Gasteiger partial charge on any atom is -0.366 e. The van der Waals surface area contributed by atoms with Crippen molar-refractivity contribution in [3.63, 3.8) is 0 Å². The second-order valence-corrected chi connectivity index (χ2v) is 1.80. The Kier molecular flexibility index (Phi) is 1.05. The number of carbonyl (C=O) groups excluding carboxylic acids is 1. The van der Waals surface area contributed by atoms with E-state index >= 15 is 0 Å². The van der Waals surface area contributed by atoms with Crippen molar-refractivity contribution >= 4 is 12.2 Å². The number of aliphatic imine (C=N–C) groups is 1. The van der Waals surface area contributed by atoms with Gasteiger partial charge in [0.25, 0.3) is 5.91 Å². The topological polar surface area (TPSA) is 80.2 Å². The molecule has 1 heterocycles. The molecule has 5 heteroatoms. The quantitative estimate of drug-likeness (QED) is 0.506. The van der Waals surface area contributed by atoms with Crippen LogP contribution in [-0.2, 0) is 4.79 Å². The number of primary amides is 1. The molecule has 1 aliphatic heterocycles. The van der Waals surface area contributed by atoms with Gasteiger partial charge >= 0.3 is 0 Å². The maximum absolute atomic E-state index is 10.5. The average Bonchev–Trinajstić information content (AvgIpc) is 2.16. The van der Waals surface area contributed by atoms with Crippen LogP contribution in [0.5, 0.6) is 0 Å². The van der Waals surface area contributed by atoms with Gasteiger partial charge in [0.1, 0.15) is 0 Å². The van der Waals surface area contributed by atoms with Gasteiger partial charge in [-0.1, -0.05) is 0 Å². The van der Waals surface area contributed by atoms with E-state index in [-0.39, 0.29) is 0 Å². The number of nitrogens with zero attached hydrogens (tertiary/aromatic N) is 3. The summed E-state index contributed by atoms with van der Waals surface area (Å²) in [6.45, 7) is 1.47. The first-order valence-electron chi connectivity index (χ1n) is 2.34. The average molecular weight is 125 g/mol. The van der Waals surface area contributed by atoms with Crippen LogP contribution in [0.3, 0.4) is 0 Å². The Bertz CT molecular complexity index is 183. The van der Waals surface area contributed by atoms with E-state index in [1.54, 1.807) is 0 Å². The van der Waals surface area contributed by atoms with Crippen molar-refractivity contribution in [3.05, 3.63) is 0 Å². The fourth-order valence-electron chi connectivity index (χ4n) is 0.366. The lowest BCUT2D eigenvalue weighted by Gasteiger charge is -2.07. The van der Waals surface area contributed by atoms with Gasteiger partial charge in [-0.3, -0.25) is 4.79 Å². The molecule has 1 aliphatic rings. The van der Waals surface area contributed by atoms with Crippen molar-refractivity contribution in [2.75, 3.05) is 0 Å². The van der Waals surface area contributed by atoms with Gasteiger partial charge in [0, 0.05) is 0 Å². The van der Waals surface area contributed by atoms with Crippen molar-refractivity contribution < 1.29 is 4.79 Å². The molecule has 0 fully saturated rings. The van der Waals surface area contributed by atoms with Gasteiger partial charge in [0.15, 0.2) is 0 Å². The molecule has 0 saturated heterocycles. The molecule has 5 nitrogen and oxygen atoms in total. The van der Waals surface area contributed by atoms with Crippen molar-refractivity contribution in [1.82, 2.24) is 0 Å². The fourth-order valence-corrected chi connectivity index (χ4v) is 0.366. The second-order valence-electron chi connectivity index (χ2n) is 1.80. The zero-order valence-electron chi connectivity index (χ0n) is 4.83. The molecular formula is C4H5N4O. The third kappa shape index (κ3) is 0.802. The third-order valence-electron chi connectivity index (χ3n) is 1.02. The Balaban J connectivity index is 2.88. The van der Waals surface area contributed by atoms with E-state index in [9.17, 15) is 4.79 Å². The Hall–Kier alpha value is -1.26. The first-order valence-corrected chi connectivity index (χ1v) is 2.34. The van der Waals surface area contributed by atoms with Crippen molar-refractivity contribution in [2.45, 2.75) is 12.6 Å². The number of amides is 1. The second kappa shape index (κ2) is 1.61. The number of hydrogen-bond acceptors (Lipinski definition) is 4. The molecule has 2 N–H and O–H groups in total. The molecule has 0 spiro atoms. The fraction of sp³-hybridized carbons (Fsp3) is 0.500. The summed E-state index contributed by atoms with van der Waals surface area (Å²) in [7, 11) is 0. The maximum atomic E-state index is 10.5. The highest BCUT2D eigenvalue weighted by molar-refractivity contribution is 5.86. The van der Waals surface area contributed by atoms with Gasteiger partial charge in [0.2, 0.25) is 12.0 Å². The smallest absolute Gasteiger partial charge is 0.269 e. The summed E-state index contributed by atoms with van der Waals surface area (Å²) in [5.41, 5.74) is 3.71. The SMILES string of the molecule is CC1(C(N)=O)N=[C]N=N1. The monoisotopic (exact) mass is 125 g/mol. The van der Waals surface area contributed by atoms with E-state index in [1.165, 1.54) is 6.92 Å². The molecule has 0 aliphatic carbocycles. The zero-order chi connectivity index (χ0) is 6.91.